The second kappa shape index (κ2) is 3.41. The summed E-state index contributed by atoms with van der Waals surface area (Å²) in [5, 5.41) is 38.3. The fourth-order valence-corrected chi connectivity index (χ4v) is 2.53. The van der Waals surface area contributed by atoms with Gasteiger partial charge in [0, 0.05) is 11.8 Å². The second-order valence-corrected chi connectivity index (χ2v) is 4.24. The Kier molecular flexibility index (Phi) is 2.46. The van der Waals surface area contributed by atoms with Crippen LogP contribution < -0.4 is 0 Å². The lowest BCUT2D eigenvalue weighted by molar-refractivity contribution is -0.165. The Morgan fingerprint density at radius 3 is 2.73 bits per heavy atom. The Labute approximate surface area is 86.1 Å². The van der Waals surface area contributed by atoms with Gasteiger partial charge in [0.1, 0.15) is 11.7 Å². The molecular weight excluding hydrogens is 204 g/mol. The number of cyclic esters (lactones) is 1. The van der Waals surface area contributed by atoms with Crippen molar-refractivity contribution in [3.63, 3.8) is 0 Å². The first-order valence-electron chi connectivity index (χ1n) is 4.85. The maximum Gasteiger partial charge on any atom is 0.306 e. The molecule has 0 bridgehead atoms. The standard InChI is InChI=1S/C9H14O6/c10-3-9(14)5-2-15-6(11)1-4(5)7(12)8(9)13/h4-5,7-8,10,12-14H,1-3H2. The molecule has 0 radical (unpaired) electrons. The highest BCUT2D eigenvalue weighted by Crippen LogP contribution is 2.44. The zero-order valence-electron chi connectivity index (χ0n) is 8.04. The smallest absolute Gasteiger partial charge is 0.306 e. The van der Waals surface area contributed by atoms with Gasteiger partial charge in [0.25, 0.3) is 0 Å². The highest BCUT2D eigenvalue weighted by atomic mass is 16.5. The molecule has 1 aliphatic carbocycles. The van der Waals surface area contributed by atoms with Crippen molar-refractivity contribution in [3.8, 4) is 0 Å². The summed E-state index contributed by atoms with van der Waals surface area (Å²) in [7, 11) is 0. The maximum absolute atomic E-state index is 11.0. The molecule has 0 amide bonds. The predicted octanol–water partition coefficient (Wildman–Crippen LogP) is -2.38. The fourth-order valence-electron chi connectivity index (χ4n) is 2.53. The highest BCUT2D eigenvalue weighted by molar-refractivity contribution is 5.70. The van der Waals surface area contributed by atoms with E-state index in [1.807, 2.05) is 0 Å². The Morgan fingerprint density at radius 1 is 1.47 bits per heavy atom. The number of carbonyl (C=O) groups is 1. The van der Waals surface area contributed by atoms with Crippen molar-refractivity contribution in [3.05, 3.63) is 0 Å². The summed E-state index contributed by atoms with van der Waals surface area (Å²) in [6.45, 7) is -0.737. The molecule has 5 atom stereocenters. The molecule has 6 heteroatoms. The summed E-state index contributed by atoms with van der Waals surface area (Å²) < 4.78 is 4.75. The molecule has 0 aromatic carbocycles. The van der Waals surface area contributed by atoms with Crippen LogP contribution in [0.2, 0.25) is 0 Å². The minimum absolute atomic E-state index is 0.0365. The Bertz CT molecular complexity index is 280. The van der Waals surface area contributed by atoms with Gasteiger partial charge in [-0.25, -0.2) is 0 Å². The first-order chi connectivity index (χ1) is 7.00. The van der Waals surface area contributed by atoms with Crippen molar-refractivity contribution >= 4 is 5.97 Å². The third-order valence-corrected chi connectivity index (χ3v) is 3.51. The number of carbonyl (C=O) groups excluding carboxylic acids is 1. The SMILES string of the molecule is O=C1CC2C(O)C(O)C(O)(CO)C2CO1. The number of hydrogen-bond donors (Lipinski definition) is 4. The van der Waals surface area contributed by atoms with E-state index in [1.165, 1.54) is 0 Å². The van der Waals surface area contributed by atoms with Crippen molar-refractivity contribution in [1.29, 1.82) is 0 Å². The maximum atomic E-state index is 11.0. The van der Waals surface area contributed by atoms with Gasteiger partial charge in [-0.1, -0.05) is 0 Å². The molecule has 1 aliphatic heterocycles. The van der Waals surface area contributed by atoms with Gasteiger partial charge >= 0.3 is 5.97 Å². The Morgan fingerprint density at radius 2 is 2.13 bits per heavy atom. The quantitative estimate of drug-likeness (QED) is 0.366. The molecule has 2 aliphatic rings. The molecule has 15 heavy (non-hydrogen) atoms. The molecule has 0 spiro atoms. The molecule has 5 unspecified atom stereocenters. The van der Waals surface area contributed by atoms with Gasteiger partial charge in [0.05, 0.1) is 25.7 Å². The summed E-state index contributed by atoms with van der Waals surface area (Å²) in [5.74, 6) is -1.60. The fraction of sp³-hybridized carbons (Fsp3) is 0.889. The monoisotopic (exact) mass is 218 g/mol. The zero-order chi connectivity index (χ0) is 11.2. The summed E-state index contributed by atoms with van der Waals surface area (Å²) in [5.41, 5.74) is -1.77. The van der Waals surface area contributed by atoms with Crippen LogP contribution in [0.5, 0.6) is 0 Å². The van der Waals surface area contributed by atoms with Crippen LogP contribution in [0.15, 0.2) is 0 Å². The highest BCUT2D eigenvalue weighted by Gasteiger charge is 2.60. The second-order valence-electron chi connectivity index (χ2n) is 4.24. The van der Waals surface area contributed by atoms with E-state index >= 15 is 0 Å². The van der Waals surface area contributed by atoms with E-state index in [0.29, 0.717) is 0 Å². The van der Waals surface area contributed by atoms with Gasteiger partial charge < -0.3 is 25.2 Å². The topological polar surface area (TPSA) is 107 Å². The molecule has 86 valence electrons. The number of rotatable bonds is 1. The van der Waals surface area contributed by atoms with Crippen molar-refractivity contribution in [1.82, 2.24) is 0 Å². The van der Waals surface area contributed by atoms with Crippen molar-refractivity contribution < 1.29 is 30.0 Å². The summed E-state index contributed by atoms with van der Waals surface area (Å²) in [6.07, 6.45) is -2.67. The molecule has 0 aromatic heterocycles. The van der Waals surface area contributed by atoms with Crippen LogP contribution >= 0.6 is 0 Å². The van der Waals surface area contributed by atoms with Gasteiger partial charge in [-0.3, -0.25) is 4.79 Å². The first kappa shape index (κ1) is 10.8. The van der Waals surface area contributed by atoms with E-state index in [9.17, 15) is 20.1 Å². The van der Waals surface area contributed by atoms with Gasteiger partial charge in [0.2, 0.25) is 0 Å². The van der Waals surface area contributed by atoms with Crippen molar-refractivity contribution in [2.75, 3.05) is 13.2 Å². The summed E-state index contributed by atoms with van der Waals surface area (Å²) in [6, 6.07) is 0. The molecule has 1 saturated carbocycles. The molecule has 1 heterocycles. The Balaban J connectivity index is 2.28. The average molecular weight is 218 g/mol. The lowest BCUT2D eigenvalue weighted by atomic mass is 9.83. The number of esters is 1. The molecule has 6 nitrogen and oxygen atoms in total. The number of fused-ring (bicyclic) bond motifs is 1. The van der Waals surface area contributed by atoms with E-state index in [2.05, 4.69) is 0 Å². The zero-order valence-corrected chi connectivity index (χ0v) is 8.04. The van der Waals surface area contributed by atoms with Crippen LogP contribution in [-0.4, -0.2) is 57.4 Å². The molecule has 2 fully saturated rings. The summed E-state index contributed by atoms with van der Waals surface area (Å²) >= 11 is 0. The lowest BCUT2D eigenvalue weighted by Gasteiger charge is -2.33. The van der Waals surface area contributed by atoms with E-state index in [1.54, 1.807) is 0 Å². The van der Waals surface area contributed by atoms with Gasteiger partial charge in [0.15, 0.2) is 0 Å². The Hall–Kier alpha value is -0.690. The normalized spacial score (nSPS) is 50.0. The van der Waals surface area contributed by atoms with Gasteiger partial charge in [-0.05, 0) is 0 Å². The minimum atomic E-state index is -1.77. The van der Waals surface area contributed by atoms with Crippen LogP contribution in [0, 0.1) is 11.8 Å². The van der Waals surface area contributed by atoms with Crippen LogP contribution in [-0.2, 0) is 9.53 Å². The molecular formula is C9H14O6. The number of aliphatic hydroxyl groups excluding tert-OH is 3. The molecule has 2 rings (SSSR count). The largest absolute Gasteiger partial charge is 0.465 e. The van der Waals surface area contributed by atoms with E-state index in [-0.39, 0.29) is 13.0 Å². The number of hydrogen-bond acceptors (Lipinski definition) is 6. The number of aliphatic hydroxyl groups is 4. The lowest BCUT2D eigenvalue weighted by Crippen LogP contribution is -2.51. The van der Waals surface area contributed by atoms with Crippen LogP contribution in [0.1, 0.15) is 6.42 Å². The third-order valence-electron chi connectivity index (χ3n) is 3.51. The van der Waals surface area contributed by atoms with Crippen LogP contribution in [0.25, 0.3) is 0 Å². The summed E-state index contributed by atoms with van der Waals surface area (Å²) in [4.78, 5) is 11.0. The number of ether oxygens (including phenoxy) is 1. The molecule has 0 aromatic rings. The van der Waals surface area contributed by atoms with E-state index in [0.717, 1.165) is 0 Å². The minimum Gasteiger partial charge on any atom is -0.465 e. The first-order valence-corrected chi connectivity index (χ1v) is 4.85. The third kappa shape index (κ3) is 1.37. The van der Waals surface area contributed by atoms with Crippen molar-refractivity contribution in [2.45, 2.75) is 24.2 Å². The predicted molar refractivity (Wildman–Crippen MR) is 46.6 cm³/mol. The van der Waals surface area contributed by atoms with Gasteiger partial charge in [-0.15, -0.1) is 0 Å². The average Bonchev–Trinajstić information content (AvgIpc) is 2.42. The van der Waals surface area contributed by atoms with Crippen LogP contribution in [0.3, 0.4) is 0 Å². The van der Waals surface area contributed by atoms with E-state index in [4.69, 9.17) is 9.84 Å². The van der Waals surface area contributed by atoms with Crippen LogP contribution in [0.4, 0.5) is 0 Å². The van der Waals surface area contributed by atoms with E-state index < -0.39 is 42.2 Å². The van der Waals surface area contributed by atoms with Crippen molar-refractivity contribution in [2.24, 2.45) is 11.8 Å². The van der Waals surface area contributed by atoms with Gasteiger partial charge in [-0.2, -0.15) is 0 Å². The molecule has 4 N–H and O–H groups in total. The molecule has 1 saturated heterocycles.